The third kappa shape index (κ3) is 3.04. The summed E-state index contributed by atoms with van der Waals surface area (Å²) in [5.74, 6) is 0. The fourth-order valence-electron chi connectivity index (χ4n) is 2.56. The highest BCUT2D eigenvalue weighted by atomic mass is 79.9. The van der Waals surface area contributed by atoms with Crippen LogP contribution in [0.3, 0.4) is 0 Å². The second-order valence-corrected chi connectivity index (χ2v) is 6.73. The predicted octanol–water partition coefficient (Wildman–Crippen LogP) is 4.59. The van der Waals surface area contributed by atoms with Crippen LogP contribution in [0.2, 0.25) is 10.0 Å². The second kappa shape index (κ2) is 6.65. The Bertz CT molecular complexity index is 933. The van der Waals surface area contributed by atoms with Gasteiger partial charge in [-0.2, -0.15) is 0 Å². The molecule has 0 atom stereocenters. The summed E-state index contributed by atoms with van der Waals surface area (Å²) in [5.41, 5.74) is 1.83. The number of nitrogens with zero attached hydrogens (tertiary/aromatic N) is 1. The van der Waals surface area contributed by atoms with Crippen LogP contribution in [-0.4, -0.2) is 16.3 Å². The first kappa shape index (κ1) is 16.5. The maximum absolute atomic E-state index is 12.5. The minimum absolute atomic E-state index is 0.0296. The molecule has 0 spiro atoms. The number of benzene rings is 2. The minimum atomic E-state index is -0.222. The quantitative estimate of drug-likeness (QED) is 0.683. The fourth-order valence-corrected chi connectivity index (χ4v) is 3.76. The molecule has 6 heteroatoms. The molecule has 1 aromatic heterocycles. The first-order chi connectivity index (χ1) is 11.0. The van der Waals surface area contributed by atoms with Crippen LogP contribution in [0.1, 0.15) is 5.56 Å². The van der Waals surface area contributed by atoms with Crippen molar-refractivity contribution >= 4 is 50.0 Å². The van der Waals surface area contributed by atoms with Gasteiger partial charge in [-0.05, 0) is 42.3 Å². The molecule has 0 radical (unpaired) electrons. The lowest BCUT2D eigenvalue weighted by molar-refractivity contribution is 0.299. The molecule has 0 aliphatic heterocycles. The normalized spacial score (nSPS) is 11.1. The molecule has 0 saturated carbocycles. The zero-order valence-electron chi connectivity index (χ0n) is 11.9. The van der Waals surface area contributed by atoms with Crippen LogP contribution < -0.4 is 5.56 Å². The van der Waals surface area contributed by atoms with Gasteiger partial charge < -0.3 is 5.11 Å². The van der Waals surface area contributed by atoms with Gasteiger partial charge >= 0.3 is 0 Å². The molecule has 1 heterocycles. The van der Waals surface area contributed by atoms with E-state index in [1.165, 1.54) is 10.6 Å². The fraction of sp³-hybridized carbons (Fsp3) is 0.118. The second-order valence-electron chi connectivity index (χ2n) is 5.06. The highest BCUT2D eigenvalue weighted by Gasteiger charge is 2.14. The molecule has 3 rings (SSSR count). The van der Waals surface area contributed by atoms with Crippen molar-refractivity contribution < 1.29 is 5.11 Å². The van der Waals surface area contributed by atoms with E-state index in [-0.39, 0.29) is 12.2 Å². The summed E-state index contributed by atoms with van der Waals surface area (Å²) in [7, 11) is 0. The summed E-state index contributed by atoms with van der Waals surface area (Å²) in [5, 5.41) is 10.8. The van der Waals surface area contributed by atoms with E-state index in [1.807, 2.05) is 12.1 Å². The van der Waals surface area contributed by atoms with Crippen LogP contribution in [0.15, 0.2) is 51.7 Å². The van der Waals surface area contributed by atoms with Crippen LogP contribution in [0.4, 0.5) is 0 Å². The topological polar surface area (TPSA) is 42.2 Å². The molecule has 3 nitrogen and oxygen atoms in total. The molecule has 2 aromatic carbocycles. The number of fused-ring (bicyclic) bond motifs is 1. The standard InChI is InChI=1S/C17H12BrCl2NO2/c18-12-8-10(6-7-22)9-15-11(12)4-5-16(23)21(15)17-13(19)2-1-3-14(17)20/h1-5,8-9,22H,6-7H2. The van der Waals surface area contributed by atoms with Crippen molar-refractivity contribution in [3.63, 3.8) is 0 Å². The summed E-state index contributed by atoms with van der Waals surface area (Å²) in [6, 6.07) is 12.2. The van der Waals surface area contributed by atoms with Crippen LogP contribution in [0.25, 0.3) is 16.6 Å². The van der Waals surface area contributed by atoms with Crippen LogP contribution in [-0.2, 0) is 6.42 Å². The summed E-state index contributed by atoms with van der Waals surface area (Å²) < 4.78 is 2.35. The molecule has 1 N–H and O–H groups in total. The molecule has 0 fully saturated rings. The highest BCUT2D eigenvalue weighted by Crippen LogP contribution is 2.32. The van der Waals surface area contributed by atoms with Gasteiger partial charge in [0.25, 0.3) is 5.56 Å². The van der Waals surface area contributed by atoms with Crippen molar-refractivity contribution in [1.82, 2.24) is 4.57 Å². The molecule has 118 valence electrons. The van der Waals surface area contributed by atoms with E-state index in [2.05, 4.69) is 15.9 Å². The smallest absolute Gasteiger partial charge is 0.255 e. The van der Waals surface area contributed by atoms with Crippen LogP contribution >= 0.6 is 39.1 Å². The van der Waals surface area contributed by atoms with E-state index >= 15 is 0 Å². The van der Waals surface area contributed by atoms with Gasteiger partial charge in [-0.1, -0.05) is 45.2 Å². The maximum atomic E-state index is 12.5. The van der Waals surface area contributed by atoms with E-state index < -0.39 is 0 Å². The van der Waals surface area contributed by atoms with E-state index in [0.29, 0.717) is 27.7 Å². The first-order valence-corrected chi connectivity index (χ1v) is 8.47. The zero-order chi connectivity index (χ0) is 16.6. The van der Waals surface area contributed by atoms with Gasteiger partial charge in [-0.3, -0.25) is 9.36 Å². The number of pyridine rings is 1. The lowest BCUT2D eigenvalue weighted by atomic mass is 10.1. The molecule has 0 aliphatic rings. The minimum Gasteiger partial charge on any atom is -0.396 e. The maximum Gasteiger partial charge on any atom is 0.255 e. The third-order valence-corrected chi connectivity index (χ3v) is 4.85. The number of hydrogen-bond acceptors (Lipinski definition) is 2. The molecular formula is C17H12BrCl2NO2. The highest BCUT2D eigenvalue weighted by molar-refractivity contribution is 9.10. The molecule has 23 heavy (non-hydrogen) atoms. The van der Waals surface area contributed by atoms with Gasteiger partial charge in [-0.15, -0.1) is 0 Å². The Balaban J connectivity index is 2.44. The predicted molar refractivity (Wildman–Crippen MR) is 98.1 cm³/mol. The van der Waals surface area contributed by atoms with Crippen LogP contribution in [0, 0.1) is 0 Å². The number of rotatable bonds is 3. The number of aliphatic hydroxyl groups excluding tert-OH is 1. The zero-order valence-corrected chi connectivity index (χ0v) is 15.0. The molecule has 0 unspecified atom stereocenters. The Kier molecular flexibility index (Phi) is 4.78. The summed E-state index contributed by atoms with van der Waals surface area (Å²) in [6.07, 6.45) is 0.494. The van der Waals surface area contributed by atoms with Crippen molar-refractivity contribution in [3.05, 3.63) is 72.9 Å². The molecule has 3 aromatic rings. The van der Waals surface area contributed by atoms with E-state index in [0.717, 1.165) is 15.4 Å². The van der Waals surface area contributed by atoms with Gasteiger partial charge in [0.15, 0.2) is 0 Å². The van der Waals surface area contributed by atoms with Crippen molar-refractivity contribution in [2.24, 2.45) is 0 Å². The van der Waals surface area contributed by atoms with Crippen molar-refractivity contribution in [1.29, 1.82) is 0 Å². The van der Waals surface area contributed by atoms with Gasteiger partial charge in [0.05, 0.1) is 21.2 Å². The summed E-state index contributed by atoms with van der Waals surface area (Å²) in [4.78, 5) is 12.5. The average Bonchev–Trinajstić information content (AvgIpc) is 2.49. The van der Waals surface area contributed by atoms with Crippen molar-refractivity contribution in [2.75, 3.05) is 6.61 Å². The number of hydrogen-bond donors (Lipinski definition) is 1. The molecule has 0 saturated heterocycles. The number of aliphatic hydroxyl groups is 1. The van der Waals surface area contributed by atoms with E-state index in [4.69, 9.17) is 23.2 Å². The molecule has 0 bridgehead atoms. The Morgan fingerprint density at radius 3 is 2.43 bits per heavy atom. The number of halogens is 3. The summed E-state index contributed by atoms with van der Waals surface area (Å²) >= 11 is 16.1. The Hall–Kier alpha value is -1.33. The summed E-state index contributed by atoms with van der Waals surface area (Å²) in [6.45, 7) is 0.0296. The Morgan fingerprint density at radius 2 is 1.78 bits per heavy atom. The Labute approximate surface area is 151 Å². The van der Waals surface area contributed by atoms with Gasteiger partial charge in [0, 0.05) is 22.5 Å². The lowest BCUT2D eigenvalue weighted by Crippen LogP contribution is -2.18. The molecule has 0 amide bonds. The number of aromatic nitrogens is 1. The van der Waals surface area contributed by atoms with Crippen molar-refractivity contribution in [2.45, 2.75) is 6.42 Å². The van der Waals surface area contributed by atoms with E-state index in [1.54, 1.807) is 24.3 Å². The van der Waals surface area contributed by atoms with Gasteiger partial charge in [0.1, 0.15) is 0 Å². The Morgan fingerprint density at radius 1 is 1.09 bits per heavy atom. The van der Waals surface area contributed by atoms with Gasteiger partial charge in [0.2, 0.25) is 0 Å². The number of para-hydroxylation sites is 1. The lowest BCUT2D eigenvalue weighted by Gasteiger charge is -2.15. The van der Waals surface area contributed by atoms with Crippen LogP contribution in [0.5, 0.6) is 0 Å². The average molecular weight is 413 g/mol. The van der Waals surface area contributed by atoms with Crippen molar-refractivity contribution in [3.8, 4) is 5.69 Å². The largest absolute Gasteiger partial charge is 0.396 e. The third-order valence-electron chi connectivity index (χ3n) is 3.58. The SMILES string of the molecule is O=c1ccc2c(Br)cc(CCO)cc2n1-c1c(Cl)cccc1Cl. The first-order valence-electron chi connectivity index (χ1n) is 6.92. The van der Waals surface area contributed by atoms with E-state index in [9.17, 15) is 9.90 Å². The molecular weight excluding hydrogens is 401 g/mol. The monoisotopic (exact) mass is 411 g/mol. The molecule has 0 aliphatic carbocycles. The van der Waals surface area contributed by atoms with Gasteiger partial charge in [-0.25, -0.2) is 0 Å².